The van der Waals surface area contributed by atoms with E-state index in [0.29, 0.717) is 33.5 Å². The number of halogens is 2. The van der Waals surface area contributed by atoms with E-state index in [1.807, 2.05) is 0 Å². The van der Waals surface area contributed by atoms with Gasteiger partial charge < -0.3 is 10.1 Å². The van der Waals surface area contributed by atoms with Crippen molar-refractivity contribution in [2.24, 2.45) is 0 Å². The van der Waals surface area contributed by atoms with Gasteiger partial charge in [-0.1, -0.05) is 36.2 Å². The molecule has 1 amide bonds. The van der Waals surface area contributed by atoms with Crippen molar-refractivity contribution in [2.45, 2.75) is 13.3 Å². The Hall–Kier alpha value is -2.04. The second-order valence-electron chi connectivity index (χ2n) is 4.76. The molecule has 0 spiro atoms. The number of benzene rings is 2. The van der Waals surface area contributed by atoms with Crippen LogP contribution in [0.4, 0.5) is 5.69 Å². The summed E-state index contributed by atoms with van der Waals surface area (Å²) in [4.78, 5) is 23.8. The zero-order valence-corrected chi connectivity index (χ0v) is 13.9. The highest BCUT2D eigenvalue weighted by atomic mass is 35.5. The predicted octanol–water partition coefficient (Wildman–Crippen LogP) is 4.60. The Morgan fingerprint density at radius 2 is 1.83 bits per heavy atom. The van der Waals surface area contributed by atoms with Crippen LogP contribution < -0.4 is 10.1 Å². The molecule has 0 bridgehead atoms. The topological polar surface area (TPSA) is 55.4 Å². The van der Waals surface area contributed by atoms with Crippen LogP contribution in [0.25, 0.3) is 0 Å². The van der Waals surface area contributed by atoms with Crippen molar-refractivity contribution in [1.82, 2.24) is 0 Å². The van der Waals surface area contributed by atoms with Crippen molar-refractivity contribution in [2.75, 3.05) is 11.9 Å². The molecule has 6 heteroatoms. The molecule has 2 rings (SSSR count). The van der Waals surface area contributed by atoms with Crippen molar-refractivity contribution in [1.29, 1.82) is 0 Å². The summed E-state index contributed by atoms with van der Waals surface area (Å²) in [5.74, 6) is -0.114. The molecule has 0 aliphatic carbocycles. The molecule has 23 heavy (non-hydrogen) atoms. The number of ketones is 1. The summed E-state index contributed by atoms with van der Waals surface area (Å²) in [6.07, 6.45) is 0.325. The number of hydrogen-bond donors (Lipinski definition) is 1. The van der Waals surface area contributed by atoms with E-state index in [1.54, 1.807) is 43.3 Å². The number of anilines is 1. The van der Waals surface area contributed by atoms with E-state index < -0.39 is 0 Å². The lowest BCUT2D eigenvalue weighted by Gasteiger charge is -2.11. The van der Waals surface area contributed by atoms with Crippen LogP contribution in [-0.2, 0) is 4.79 Å². The molecular weight excluding hydrogens is 337 g/mol. The van der Waals surface area contributed by atoms with Gasteiger partial charge >= 0.3 is 0 Å². The summed E-state index contributed by atoms with van der Waals surface area (Å²) in [5, 5.41) is 3.64. The number of Topliss-reactive ketones (excluding diaryl/α,β-unsaturated/α-hetero) is 1. The van der Waals surface area contributed by atoms with E-state index >= 15 is 0 Å². The number of nitrogens with one attached hydrogen (secondary N) is 1. The lowest BCUT2D eigenvalue weighted by atomic mass is 10.1. The lowest BCUT2D eigenvalue weighted by Crippen LogP contribution is -2.20. The Morgan fingerprint density at radius 1 is 1.09 bits per heavy atom. The fraction of sp³-hybridized carbons (Fsp3) is 0.176. The SMILES string of the molecule is CCC(=O)c1cc(Cl)ccc1OCC(=O)Nc1cccc(Cl)c1. The molecule has 0 saturated heterocycles. The smallest absolute Gasteiger partial charge is 0.262 e. The van der Waals surface area contributed by atoms with E-state index in [4.69, 9.17) is 27.9 Å². The van der Waals surface area contributed by atoms with E-state index in [1.165, 1.54) is 6.07 Å². The van der Waals surface area contributed by atoms with Crippen LogP contribution in [0.1, 0.15) is 23.7 Å². The molecule has 0 aliphatic rings. The zero-order chi connectivity index (χ0) is 16.8. The maximum absolute atomic E-state index is 11.9. The molecule has 0 radical (unpaired) electrons. The average molecular weight is 352 g/mol. The van der Waals surface area contributed by atoms with Crippen molar-refractivity contribution in [3.05, 3.63) is 58.1 Å². The van der Waals surface area contributed by atoms with E-state index in [2.05, 4.69) is 5.32 Å². The Balaban J connectivity index is 2.03. The van der Waals surface area contributed by atoms with Crippen molar-refractivity contribution in [3.63, 3.8) is 0 Å². The largest absolute Gasteiger partial charge is 0.483 e. The second-order valence-corrected chi connectivity index (χ2v) is 5.64. The molecule has 120 valence electrons. The summed E-state index contributed by atoms with van der Waals surface area (Å²) in [5.41, 5.74) is 0.947. The quantitative estimate of drug-likeness (QED) is 0.773. The standard InChI is InChI=1S/C17H15Cl2NO3/c1-2-15(21)14-9-12(19)6-7-16(14)23-10-17(22)20-13-5-3-4-11(18)8-13/h3-9H,2,10H2,1H3,(H,20,22). The Kier molecular flexibility index (Phi) is 6.02. The Bertz CT molecular complexity index is 732. The number of ether oxygens (including phenoxy) is 1. The van der Waals surface area contributed by atoms with Crippen LogP contribution in [0.5, 0.6) is 5.75 Å². The minimum Gasteiger partial charge on any atom is -0.483 e. The monoisotopic (exact) mass is 351 g/mol. The normalized spacial score (nSPS) is 10.2. The Labute approximate surface area is 144 Å². The molecule has 2 aromatic rings. The van der Waals surface area contributed by atoms with E-state index in [9.17, 15) is 9.59 Å². The van der Waals surface area contributed by atoms with Gasteiger partial charge in [-0.25, -0.2) is 0 Å². The first-order valence-corrected chi connectivity index (χ1v) is 7.76. The highest BCUT2D eigenvalue weighted by Crippen LogP contribution is 2.24. The third-order valence-electron chi connectivity index (χ3n) is 3.03. The van der Waals surface area contributed by atoms with Crippen LogP contribution in [0.3, 0.4) is 0 Å². The molecule has 4 nitrogen and oxygen atoms in total. The Morgan fingerprint density at radius 3 is 2.52 bits per heavy atom. The molecule has 0 atom stereocenters. The van der Waals surface area contributed by atoms with E-state index in [-0.39, 0.29) is 18.3 Å². The van der Waals surface area contributed by atoms with E-state index in [0.717, 1.165) is 0 Å². The highest BCUT2D eigenvalue weighted by Gasteiger charge is 2.13. The summed E-state index contributed by atoms with van der Waals surface area (Å²) in [6.45, 7) is 1.52. The third-order valence-corrected chi connectivity index (χ3v) is 3.50. The molecule has 0 unspecified atom stereocenters. The molecule has 0 saturated carbocycles. The molecule has 0 aliphatic heterocycles. The van der Waals surface area contributed by atoms with Gasteiger partial charge in [0.25, 0.3) is 5.91 Å². The first-order valence-electron chi connectivity index (χ1n) is 7.00. The molecule has 1 N–H and O–H groups in total. The second kappa shape index (κ2) is 7.99. The minimum atomic E-state index is -0.350. The predicted molar refractivity (Wildman–Crippen MR) is 91.7 cm³/mol. The molecular formula is C17H15Cl2NO3. The van der Waals surface area contributed by atoms with Crippen LogP contribution >= 0.6 is 23.2 Å². The number of carbonyl (C=O) groups is 2. The van der Waals surface area contributed by atoms with Gasteiger partial charge in [-0.05, 0) is 36.4 Å². The molecule has 0 fully saturated rings. The summed E-state index contributed by atoms with van der Waals surface area (Å²) >= 11 is 11.8. The fourth-order valence-corrected chi connectivity index (χ4v) is 2.31. The first-order chi connectivity index (χ1) is 11.0. The summed E-state index contributed by atoms with van der Waals surface area (Å²) < 4.78 is 5.45. The minimum absolute atomic E-state index is 0.0993. The summed E-state index contributed by atoms with van der Waals surface area (Å²) in [7, 11) is 0. The number of hydrogen-bond acceptors (Lipinski definition) is 3. The first kappa shape index (κ1) is 17.3. The van der Waals surface area contributed by atoms with Crippen LogP contribution in [0.15, 0.2) is 42.5 Å². The number of rotatable bonds is 6. The van der Waals surface area contributed by atoms with Crippen LogP contribution in [-0.4, -0.2) is 18.3 Å². The number of amides is 1. The van der Waals surface area contributed by atoms with Crippen LogP contribution in [0, 0.1) is 0 Å². The molecule has 2 aromatic carbocycles. The van der Waals surface area contributed by atoms with Crippen molar-refractivity contribution >= 4 is 40.6 Å². The van der Waals surface area contributed by atoms with Gasteiger partial charge in [-0.2, -0.15) is 0 Å². The summed E-state index contributed by atoms with van der Waals surface area (Å²) in [6, 6.07) is 11.5. The van der Waals surface area contributed by atoms with Crippen LogP contribution in [0.2, 0.25) is 10.0 Å². The fourth-order valence-electron chi connectivity index (χ4n) is 1.94. The van der Waals surface area contributed by atoms with Crippen molar-refractivity contribution < 1.29 is 14.3 Å². The van der Waals surface area contributed by atoms with Gasteiger partial charge in [0.2, 0.25) is 0 Å². The van der Waals surface area contributed by atoms with Gasteiger partial charge in [0.15, 0.2) is 12.4 Å². The van der Waals surface area contributed by atoms with Gasteiger partial charge in [0, 0.05) is 22.2 Å². The molecule has 0 heterocycles. The lowest BCUT2D eigenvalue weighted by molar-refractivity contribution is -0.118. The van der Waals surface area contributed by atoms with Gasteiger partial charge in [-0.15, -0.1) is 0 Å². The van der Waals surface area contributed by atoms with Gasteiger partial charge in [0.05, 0.1) is 5.56 Å². The highest BCUT2D eigenvalue weighted by molar-refractivity contribution is 6.31. The van der Waals surface area contributed by atoms with Gasteiger partial charge in [0.1, 0.15) is 5.75 Å². The maximum atomic E-state index is 11.9. The number of carbonyl (C=O) groups excluding carboxylic acids is 2. The van der Waals surface area contributed by atoms with Crippen molar-refractivity contribution in [3.8, 4) is 5.75 Å². The van der Waals surface area contributed by atoms with Gasteiger partial charge in [-0.3, -0.25) is 9.59 Å². The average Bonchev–Trinajstić information content (AvgIpc) is 2.53. The molecule has 0 aromatic heterocycles. The maximum Gasteiger partial charge on any atom is 0.262 e. The zero-order valence-electron chi connectivity index (χ0n) is 12.4. The third kappa shape index (κ3) is 4.98.